The number of likely N-dealkylation sites (tertiary alicyclic amines) is 1. The summed E-state index contributed by atoms with van der Waals surface area (Å²) in [4.78, 5) is 27.4. The average Bonchev–Trinajstić information content (AvgIpc) is 3.00. The molecule has 0 aromatic heterocycles. The predicted octanol–water partition coefficient (Wildman–Crippen LogP) is 1.12. The first-order valence-electron chi connectivity index (χ1n) is 7.46. The fraction of sp³-hybridized carbons (Fsp3) is 0.500. The van der Waals surface area contributed by atoms with Crippen LogP contribution in [-0.4, -0.2) is 52.5 Å². The number of benzene rings is 1. The number of carbonyl (C=O) groups excluding carboxylic acids is 1. The fourth-order valence-corrected chi connectivity index (χ4v) is 3.23. The van der Waals surface area contributed by atoms with Gasteiger partial charge < -0.3 is 10.0 Å². The number of aliphatic carboxylic acids is 1. The molecule has 1 aromatic carbocycles. The van der Waals surface area contributed by atoms with Crippen LogP contribution in [0, 0.1) is 0 Å². The van der Waals surface area contributed by atoms with Crippen LogP contribution in [0.4, 0.5) is 0 Å². The lowest BCUT2D eigenvalue weighted by Gasteiger charge is -2.34. The van der Waals surface area contributed by atoms with Crippen molar-refractivity contribution in [2.24, 2.45) is 0 Å². The molecule has 0 saturated carbocycles. The van der Waals surface area contributed by atoms with Crippen LogP contribution in [0.3, 0.4) is 0 Å². The molecule has 1 fully saturated rings. The van der Waals surface area contributed by atoms with Gasteiger partial charge in [-0.15, -0.1) is 0 Å². The third kappa shape index (κ3) is 2.93. The van der Waals surface area contributed by atoms with E-state index in [0.29, 0.717) is 13.0 Å². The van der Waals surface area contributed by atoms with Crippen molar-refractivity contribution in [1.29, 1.82) is 0 Å². The molecule has 5 heteroatoms. The van der Waals surface area contributed by atoms with Crippen molar-refractivity contribution >= 4 is 11.9 Å². The second-order valence-electron chi connectivity index (χ2n) is 5.82. The summed E-state index contributed by atoms with van der Waals surface area (Å²) in [7, 11) is 0. The number of fused-ring (bicyclic) bond motifs is 1. The smallest absolute Gasteiger partial charge is 0.321 e. The molecule has 1 saturated heterocycles. The molecule has 1 amide bonds. The third-order valence-electron chi connectivity index (χ3n) is 4.43. The summed E-state index contributed by atoms with van der Waals surface area (Å²) in [6.07, 6.45) is 2.58. The summed E-state index contributed by atoms with van der Waals surface area (Å²) < 4.78 is 0. The Balaban J connectivity index is 1.76. The number of carbonyl (C=O) groups is 2. The van der Waals surface area contributed by atoms with Crippen LogP contribution in [0.5, 0.6) is 0 Å². The number of amides is 1. The zero-order valence-electron chi connectivity index (χ0n) is 12.0. The molecule has 1 aromatic rings. The normalized spacial score (nSPS) is 22.1. The predicted molar refractivity (Wildman–Crippen MR) is 77.8 cm³/mol. The van der Waals surface area contributed by atoms with E-state index in [9.17, 15) is 14.7 Å². The largest absolute Gasteiger partial charge is 0.480 e. The first-order valence-corrected chi connectivity index (χ1v) is 7.46. The standard InChI is InChI=1S/C16H20N2O3/c19-15(17-7-3-4-8-17)11-18-10-13-6-2-1-5-12(13)9-14(18)16(20)21/h1-2,5-6,14H,3-4,7-11H2,(H,20,21)/t14-/m0/s1. The minimum atomic E-state index is -0.848. The molecule has 0 aliphatic carbocycles. The molecular weight excluding hydrogens is 268 g/mol. The SMILES string of the molecule is O=C(O)[C@@H]1Cc2ccccc2CN1CC(=O)N1CCCC1. The van der Waals surface area contributed by atoms with E-state index in [-0.39, 0.29) is 12.5 Å². The number of hydrogen-bond donors (Lipinski definition) is 1. The van der Waals surface area contributed by atoms with Gasteiger partial charge in [0, 0.05) is 19.6 Å². The Morgan fingerprint density at radius 2 is 1.81 bits per heavy atom. The Morgan fingerprint density at radius 3 is 2.48 bits per heavy atom. The monoisotopic (exact) mass is 288 g/mol. The Morgan fingerprint density at radius 1 is 1.14 bits per heavy atom. The molecule has 0 bridgehead atoms. The minimum Gasteiger partial charge on any atom is -0.480 e. The Labute approximate surface area is 124 Å². The highest BCUT2D eigenvalue weighted by Crippen LogP contribution is 2.23. The van der Waals surface area contributed by atoms with Gasteiger partial charge in [0.1, 0.15) is 6.04 Å². The zero-order valence-corrected chi connectivity index (χ0v) is 12.0. The van der Waals surface area contributed by atoms with Gasteiger partial charge in [-0.1, -0.05) is 24.3 Å². The first-order chi connectivity index (χ1) is 10.1. The van der Waals surface area contributed by atoms with Gasteiger partial charge in [0.15, 0.2) is 0 Å². The molecule has 2 aliphatic heterocycles. The van der Waals surface area contributed by atoms with Gasteiger partial charge in [-0.05, 0) is 30.4 Å². The summed E-state index contributed by atoms with van der Waals surface area (Å²) in [5.41, 5.74) is 2.21. The van der Waals surface area contributed by atoms with Crippen LogP contribution in [0.15, 0.2) is 24.3 Å². The molecule has 3 rings (SSSR count). The van der Waals surface area contributed by atoms with Crippen molar-refractivity contribution in [3.63, 3.8) is 0 Å². The first kappa shape index (κ1) is 14.1. The second kappa shape index (κ2) is 5.85. The van der Waals surface area contributed by atoms with Crippen molar-refractivity contribution in [1.82, 2.24) is 9.80 Å². The summed E-state index contributed by atoms with van der Waals surface area (Å²) in [5.74, 6) is -0.795. The van der Waals surface area contributed by atoms with Crippen molar-refractivity contribution in [2.45, 2.75) is 31.8 Å². The quantitative estimate of drug-likeness (QED) is 0.905. The van der Waals surface area contributed by atoms with Gasteiger partial charge in [0.2, 0.25) is 5.91 Å². The maximum atomic E-state index is 12.3. The van der Waals surface area contributed by atoms with Crippen LogP contribution in [0.1, 0.15) is 24.0 Å². The molecule has 2 heterocycles. The Bertz CT molecular complexity index is 552. The number of rotatable bonds is 3. The lowest BCUT2D eigenvalue weighted by atomic mass is 9.94. The highest BCUT2D eigenvalue weighted by Gasteiger charge is 2.33. The van der Waals surface area contributed by atoms with E-state index in [4.69, 9.17) is 0 Å². The van der Waals surface area contributed by atoms with E-state index in [1.807, 2.05) is 29.2 Å². The molecular formula is C16H20N2O3. The maximum Gasteiger partial charge on any atom is 0.321 e. The molecule has 0 spiro atoms. The zero-order chi connectivity index (χ0) is 14.8. The van der Waals surface area contributed by atoms with Gasteiger partial charge in [-0.2, -0.15) is 0 Å². The highest BCUT2D eigenvalue weighted by atomic mass is 16.4. The van der Waals surface area contributed by atoms with Crippen molar-refractivity contribution < 1.29 is 14.7 Å². The van der Waals surface area contributed by atoms with Crippen LogP contribution in [0.25, 0.3) is 0 Å². The lowest BCUT2D eigenvalue weighted by Crippen LogP contribution is -2.49. The summed E-state index contributed by atoms with van der Waals surface area (Å²) >= 11 is 0. The van der Waals surface area contributed by atoms with Gasteiger partial charge >= 0.3 is 5.97 Å². The Hall–Kier alpha value is -1.88. The van der Waals surface area contributed by atoms with Gasteiger partial charge in [-0.3, -0.25) is 14.5 Å². The van der Waals surface area contributed by atoms with E-state index in [2.05, 4.69) is 0 Å². The van der Waals surface area contributed by atoms with Gasteiger partial charge in [0.05, 0.1) is 6.54 Å². The van der Waals surface area contributed by atoms with Crippen molar-refractivity contribution in [3.8, 4) is 0 Å². The molecule has 21 heavy (non-hydrogen) atoms. The summed E-state index contributed by atoms with van der Waals surface area (Å²) in [5, 5.41) is 9.45. The molecule has 0 unspecified atom stereocenters. The van der Waals surface area contributed by atoms with Gasteiger partial charge in [-0.25, -0.2) is 0 Å². The van der Waals surface area contributed by atoms with Crippen molar-refractivity contribution in [3.05, 3.63) is 35.4 Å². The summed E-state index contributed by atoms with van der Waals surface area (Å²) in [6, 6.07) is 7.28. The highest BCUT2D eigenvalue weighted by molar-refractivity contribution is 5.80. The molecule has 5 nitrogen and oxygen atoms in total. The van der Waals surface area contributed by atoms with E-state index in [1.165, 1.54) is 0 Å². The summed E-state index contributed by atoms with van der Waals surface area (Å²) in [6.45, 7) is 2.35. The number of carboxylic acid groups (broad SMARTS) is 1. The second-order valence-corrected chi connectivity index (χ2v) is 5.82. The fourth-order valence-electron chi connectivity index (χ4n) is 3.23. The maximum absolute atomic E-state index is 12.3. The topological polar surface area (TPSA) is 60.9 Å². The third-order valence-corrected chi connectivity index (χ3v) is 4.43. The molecule has 0 radical (unpaired) electrons. The Kier molecular flexibility index (Phi) is 3.92. The van der Waals surface area contributed by atoms with Crippen LogP contribution in [-0.2, 0) is 22.6 Å². The molecule has 2 aliphatic rings. The minimum absolute atomic E-state index is 0.0538. The number of hydrogen-bond acceptors (Lipinski definition) is 3. The van der Waals surface area contributed by atoms with Crippen LogP contribution < -0.4 is 0 Å². The number of nitrogens with zero attached hydrogens (tertiary/aromatic N) is 2. The van der Waals surface area contributed by atoms with Crippen LogP contribution >= 0.6 is 0 Å². The van der Waals surface area contributed by atoms with E-state index < -0.39 is 12.0 Å². The number of carboxylic acids is 1. The van der Waals surface area contributed by atoms with Crippen LogP contribution in [0.2, 0.25) is 0 Å². The molecule has 1 N–H and O–H groups in total. The van der Waals surface area contributed by atoms with E-state index in [0.717, 1.165) is 37.1 Å². The molecule has 1 atom stereocenters. The van der Waals surface area contributed by atoms with Gasteiger partial charge in [0.25, 0.3) is 0 Å². The molecule has 112 valence electrons. The lowest BCUT2D eigenvalue weighted by molar-refractivity contribution is -0.145. The average molecular weight is 288 g/mol. The van der Waals surface area contributed by atoms with E-state index in [1.54, 1.807) is 4.90 Å². The van der Waals surface area contributed by atoms with Crippen molar-refractivity contribution in [2.75, 3.05) is 19.6 Å². The van der Waals surface area contributed by atoms with E-state index >= 15 is 0 Å².